The quantitative estimate of drug-likeness (QED) is 0.848. The highest BCUT2D eigenvalue weighted by Crippen LogP contribution is 2.20. The molecule has 0 unspecified atom stereocenters. The smallest absolute Gasteiger partial charge is 0.207 e. The van der Waals surface area contributed by atoms with E-state index in [0.717, 1.165) is 25.1 Å². The number of benzene rings is 1. The minimum Gasteiger partial charge on any atom is -0.325 e. The summed E-state index contributed by atoms with van der Waals surface area (Å²) in [6.45, 7) is 2.73. The third-order valence-electron chi connectivity index (χ3n) is 2.42. The molecular weight excluding hydrogens is 243 g/mol. The highest BCUT2D eigenvalue weighted by atomic mass is 19.2. The molecule has 2 rings (SSSR count). The third-order valence-corrected chi connectivity index (χ3v) is 2.42. The number of imidazole rings is 1. The van der Waals surface area contributed by atoms with Gasteiger partial charge in [-0.3, -0.25) is 0 Å². The molecule has 1 heterocycles. The molecular formula is C12H12F3N3. The average molecular weight is 255 g/mol. The number of aryl methyl sites for hydroxylation is 1. The van der Waals surface area contributed by atoms with Gasteiger partial charge in [0.2, 0.25) is 5.95 Å². The molecule has 96 valence electrons. The Kier molecular flexibility index (Phi) is 3.55. The van der Waals surface area contributed by atoms with Crippen molar-refractivity contribution in [3.63, 3.8) is 0 Å². The van der Waals surface area contributed by atoms with Gasteiger partial charge in [-0.25, -0.2) is 18.2 Å². The van der Waals surface area contributed by atoms with Crippen molar-refractivity contribution >= 4 is 11.6 Å². The highest BCUT2D eigenvalue weighted by Gasteiger charge is 2.11. The summed E-state index contributed by atoms with van der Waals surface area (Å²) < 4.78 is 40.7. The van der Waals surface area contributed by atoms with Crippen molar-refractivity contribution in [2.24, 2.45) is 0 Å². The number of aromatic nitrogens is 2. The zero-order valence-corrected chi connectivity index (χ0v) is 9.75. The lowest BCUT2D eigenvalue weighted by molar-refractivity contribution is 0.448. The normalized spacial score (nSPS) is 10.7. The van der Waals surface area contributed by atoms with Crippen LogP contribution in [0.4, 0.5) is 24.8 Å². The summed E-state index contributed by atoms with van der Waals surface area (Å²) in [5, 5.41) is 2.75. The van der Waals surface area contributed by atoms with E-state index in [2.05, 4.69) is 10.3 Å². The van der Waals surface area contributed by atoms with Gasteiger partial charge >= 0.3 is 0 Å². The Balaban J connectivity index is 2.26. The van der Waals surface area contributed by atoms with Crippen LogP contribution in [0.3, 0.4) is 0 Å². The number of rotatable bonds is 4. The molecule has 0 saturated heterocycles. The summed E-state index contributed by atoms with van der Waals surface area (Å²) >= 11 is 0. The minimum atomic E-state index is -1.47. The second kappa shape index (κ2) is 5.12. The van der Waals surface area contributed by atoms with E-state index in [-0.39, 0.29) is 5.69 Å². The largest absolute Gasteiger partial charge is 0.325 e. The van der Waals surface area contributed by atoms with E-state index in [1.807, 2.05) is 6.92 Å². The molecule has 0 fully saturated rings. The fourth-order valence-corrected chi connectivity index (χ4v) is 1.61. The van der Waals surface area contributed by atoms with E-state index in [1.54, 1.807) is 17.0 Å². The number of anilines is 2. The van der Waals surface area contributed by atoms with E-state index in [4.69, 9.17) is 0 Å². The molecule has 0 aliphatic rings. The van der Waals surface area contributed by atoms with Crippen LogP contribution in [0.1, 0.15) is 13.3 Å². The Labute approximate surface area is 102 Å². The fourth-order valence-electron chi connectivity index (χ4n) is 1.61. The summed E-state index contributed by atoms with van der Waals surface area (Å²) in [5.74, 6) is -3.48. The van der Waals surface area contributed by atoms with E-state index in [9.17, 15) is 13.2 Å². The van der Waals surface area contributed by atoms with Gasteiger partial charge < -0.3 is 9.88 Å². The maximum atomic E-state index is 13.0. The van der Waals surface area contributed by atoms with Gasteiger partial charge in [0.05, 0.1) is 0 Å². The summed E-state index contributed by atoms with van der Waals surface area (Å²) in [4.78, 5) is 4.03. The number of nitrogens with one attached hydrogen (secondary N) is 1. The van der Waals surface area contributed by atoms with Crippen molar-refractivity contribution < 1.29 is 13.2 Å². The molecule has 1 aromatic carbocycles. The molecule has 0 aliphatic carbocycles. The van der Waals surface area contributed by atoms with Gasteiger partial charge in [0, 0.05) is 36.8 Å². The minimum absolute atomic E-state index is 0.120. The van der Waals surface area contributed by atoms with Crippen LogP contribution >= 0.6 is 0 Å². The molecule has 2 aromatic rings. The predicted octanol–water partition coefficient (Wildman–Crippen LogP) is 3.45. The van der Waals surface area contributed by atoms with Crippen LogP contribution in [0.5, 0.6) is 0 Å². The van der Waals surface area contributed by atoms with Crippen molar-refractivity contribution in [3.05, 3.63) is 42.0 Å². The topological polar surface area (TPSA) is 29.9 Å². The molecule has 0 spiro atoms. The van der Waals surface area contributed by atoms with Crippen LogP contribution in [0.25, 0.3) is 0 Å². The second-order valence-corrected chi connectivity index (χ2v) is 3.82. The van der Waals surface area contributed by atoms with Gasteiger partial charge in [-0.2, -0.15) is 0 Å². The molecule has 0 radical (unpaired) electrons. The van der Waals surface area contributed by atoms with Gasteiger partial charge in [-0.15, -0.1) is 0 Å². The first-order valence-corrected chi connectivity index (χ1v) is 5.54. The predicted molar refractivity (Wildman–Crippen MR) is 62.1 cm³/mol. The molecule has 0 aliphatic heterocycles. The van der Waals surface area contributed by atoms with E-state index in [1.165, 1.54) is 0 Å². The zero-order chi connectivity index (χ0) is 13.1. The molecule has 18 heavy (non-hydrogen) atoms. The third kappa shape index (κ3) is 2.47. The van der Waals surface area contributed by atoms with Crippen molar-refractivity contribution in [2.75, 3.05) is 5.32 Å². The summed E-state index contributed by atoms with van der Waals surface area (Å²) in [5.41, 5.74) is 0.120. The van der Waals surface area contributed by atoms with E-state index in [0.29, 0.717) is 5.95 Å². The Morgan fingerprint density at radius 3 is 2.50 bits per heavy atom. The van der Waals surface area contributed by atoms with Crippen molar-refractivity contribution in [1.82, 2.24) is 9.55 Å². The maximum absolute atomic E-state index is 13.0. The number of halogens is 3. The summed E-state index contributed by atoms with van der Waals surface area (Å²) in [6.07, 6.45) is 4.23. The lowest BCUT2D eigenvalue weighted by Gasteiger charge is -2.09. The van der Waals surface area contributed by atoms with Gasteiger partial charge in [0.25, 0.3) is 0 Å². The van der Waals surface area contributed by atoms with E-state index >= 15 is 0 Å². The maximum Gasteiger partial charge on any atom is 0.207 e. The highest BCUT2D eigenvalue weighted by molar-refractivity contribution is 5.53. The first kappa shape index (κ1) is 12.5. The Morgan fingerprint density at radius 2 is 1.89 bits per heavy atom. The van der Waals surface area contributed by atoms with Crippen molar-refractivity contribution in [2.45, 2.75) is 19.9 Å². The molecule has 1 aromatic heterocycles. The number of hydrogen-bond acceptors (Lipinski definition) is 2. The first-order chi connectivity index (χ1) is 8.61. The van der Waals surface area contributed by atoms with Crippen LogP contribution in [-0.4, -0.2) is 9.55 Å². The van der Waals surface area contributed by atoms with Crippen LogP contribution < -0.4 is 5.32 Å². The molecule has 1 N–H and O–H groups in total. The number of nitrogens with zero attached hydrogens (tertiary/aromatic N) is 2. The van der Waals surface area contributed by atoms with Crippen molar-refractivity contribution in [3.8, 4) is 0 Å². The lowest BCUT2D eigenvalue weighted by Crippen LogP contribution is -2.04. The summed E-state index contributed by atoms with van der Waals surface area (Å²) in [7, 11) is 0. The number of hydrogen-bond donors (Lipinski definition) is 1. The first-order valence-electron chi connectivity index (χ1n) is 5.54. The molecule has 0 bridgehead atoms. The Morgan fingerprint density at radius 1 is 1.22 bits per heavy atom. The van der Waals surface area contributed by atoms with Gasteiger partial charge in [-0.1, -0.05) is 6.92 Å². The molecule has 0 atom stereocenters. The Bertz CT molecular complexity index is 528. The average Bonchev–Trinajstić information content (AvgIpc) is 2.74. The standard InChI is InChI=1S/C12H12F3N3/c1-2-4-18-5-3-16-12(18)17-8-6-9(13)11(15)10(14)7-8/h3,5-7H,2,4H2,1H3,(H,16,17). The van der Waals surface area contributed by atoms with Crippen LogP contribution in [-0.2, 0) is 6.54 Å². The summed E-state index contributed by atoms with van der Waals surface area (Å²) in [6, 6.07) is 1.78. The molecule has 0 saturated carbocycles. The van der Waals surface area contributed by atoms with Crippen molar-refractivity contribution in [1.29, 1.82) is 0 Å². The van der Waals surface area contributed by atoms with Crippen LogP contribution in [0.2, 0.25) is 0 Å². The molecule has 6 heteroatoms. The van der Waals surface area contributed by atoms with Gasteiger partial charge in [0.1, 0.15) is 0 Å². The van der Waals surface area contributed by atoms with Gasteiger partial charge in [0.15, 0.2) is 17.5 Å². The van der Waals surface area contributed by atoms with Crippen LogP contribution in [0.15, 0.2) is 24.5 Å². The SMILES string of the molecule is CCCn1ccnc1Nc1cc(F)c(F)c(F)c1. The monoisotopic (exact) mass is 255 g/mol. The fraction of sp³-hybridized carbons (Fsp3) is 0.250. The van der Waals surface area contributed by atoms with E-state index < -0.39 is 17.5 Å². The Hall–Kier alpha value is -1.98. The van der Waals surface area contributed by atoms with Gasteiger partial charge in [-0.05, 0) is 6.42 Å². The zero-order valence-electron chi connectivity index (χ0n) is 9.75. The molecule has 3 nitrogen and oxygen atoms in total. The second-order valence-electron chi connectivity index (χ2n) is 3.82. The molecule has 0 amide bonds. The van der Waals surface area contributed by atoms with Crippen LogP contribution in [0, 0.1) is 17.5 Å². The lowest BCUT2D eigenvalue weighted by atomic mass is 10.3.